The maximum absolute atomic E-state index is 12.2. The van der Waals surface area contributed by atoms with Crippen LogP contribution in [-0.2, 0) is 0 Å². The fraction of sp³-hybridized carbons (Fsp3) is 0.500. The highest BCUT2D eigenvalue weighted by molar-refractivity contribution is 7.98. The molecular formula is C12H17ClN2OS. The number of hydrogen-bond acceptors (Lipinski definition) is 3. The Bertz CT molecular complexity index is 387. The Morgan fingerprint density at radius 2 is 2.35 bits per heavy atom. The summed E-state index contributed by atoms with van der Waals surface area (Å²) < 4.78 is 0. The summed E-state index contributed by atoms with van der Waals surface area (Å²) in [5.41, 5.74) is 0.402. The molecule has 0 aliphatic heterocycles. The van der Waals surface area contributed by atoms with E-state index in [-0.39, 0.29) is 11.9 Å². The first-order valence-electron chi connectivity index (χ1n) is 5.47. The SMILES string of the molecule is CCC(CSC)N(C)C(=O)c1cc(Cl)ccn1. The average molecular weight is 273 g/mol. The summed E-state index contributed by atoms with van der Waals surface area (Å²) in [6, 6.07) is 3.50. The van der Waals surface area contributed by atoms with E-state index in [4.69, 9.17) is 11.6 Å². The third-order valence-electron chi connectivity index (χ3n) is 2.64. The summed E-state index contributed by atoms with van der Waals surface area (Å²) in [6.07, 6.45) is 4.53. The minimum absolute atomic E-state index is 0.0756. The van der Waals surface area contributed by atoms with Gasteiger partial charge in [-0.1, -0.05) is 18.5 Å². The van der Waals surface area contributed by atoms with Gasteiger partial charge in [-0.15, -0.1) is 0 Å². The molecule has 1 heterocycles. The van der Waals surface area contributed by atoms with Gasteiger partial charge >= 0.3 is 0 Å². The van der Waals surface area contributed by atoms with Crippen LogP contribution in [0.5, 0.6) is 0 Å². The lowest BCUT2D eigenvalue weighted by molar-refractivity contribution is 0.0737. The van der Waals surface area contributed by atoms with Crippen LogP contribution < -0.4 is 0 Å². The summed E-state index contributed by atoms with van der Waals surface area (Å²) in [5.74, 6) is 0.854. The third-order valence-corrected chi connectivity index (χ3v) is 3.59. The number of nitrogens with zero attached hydrogens (tertiary/aromatic N) is 2. The highest BCUT2D eigenvalue weighted by atomic mass is 35.5. The number of pyridine rings is 1. The fourth-order valence-electron chi connectivity index (χ4n) is 1.56. The molecule has 1 aromatic heterocycles. The van der Waals surface area contributed by atoms with Gasteiger partial charge in [0.1, 0.15) is 5.69 Å². The first kappa shape index (κ1) is 14.3. The largest absolute Gasteiger partial charge is 0.337 e. The first-order valence-corrected chi connectivity index (χ1v) is 7.25. The lowest BCUT2D eigenvalue weighted by atomic mass is 10.2. The summed E-state index contributed by atoms with van der Waals surface area (Å²) >= 11 is 7.59. The smallest absolute Gasteiger partial charge is 0.272 e. The van der Waals surface area contributed by atoms with E-state index >= 15 is 0 Å². The second kappa shape index (κ2) is 6.87. The molecule has 1 amide bonds. The molecule has 0 spiro atoms. The number of carbonyl (C=O) groups is 1. The van der Waals surface area contributed by atoms with E-state index in [0.29, 0.717) is 10.7 Å². The standard InChI is InChI=1S/C12H17ClN2OS/c1-4-10(8-17-3)15(2)12(16)11-7-9(13)5-6-14-11/h5-7,10H,4,8H2,1-3H3. The number of hydrogen-bond donors (Lipinski definition) is 0. The molecule has 1 rings (SSSR count). The predicted molar refractivity (Wildman–Crippen MR) is 73.8 cm³/mol. The van der Waals surface area contributed by atoms with Crippen LogP contribution >= 0.6 is 23.4 Å². The Labute approximate surface area is 112 Å². The van der Waals surface area contributed by atoms with Crippen molar-refractivity contribution < 1.29 is 4.79 Å². The molecule has 94 valence electrons. The van der Waals surface area contributed by atoms with Gasteiger partial charge in [-0.05, 0) is 24.8 Å². The number of carbonyl (C=O) groups excluding carboxylic acids is 1. The Hall–Kier alpha value is -0.740. The molecular weight excluding hydrogens is 256 g/mol. The minimum Gasteiger partial charge on any atom is -0.337 e. The van der Waals surface area contributed by atoms with Crippen molar-refractivity contribution >= 4 is 29.3 Å². The molecule has 0 aromatic carbocycles. The van der Waals surface area contributed by atoms with Crippen LogP contribution in [0.3, 0.4) is 0 Å². The van der Waals surface area contributed by atoms with Gasteiger partial charge in [-0.2, -0.15) is 11.8 Å². The number of amides is 1. The van der Waals surface area contributed by atoms with E-state index in [2.05, 4.69) is 11.9 Å². The molecule has 3 nitrogen and oxygen atoms in total. The Morgan fingerprint density at radius 3 is 2.88 bits per heavy atom. The summed E-state index contributed by atoms with van der Waals surface area (Å²) in [4.78, 5) is 18.0. The van der Waals surface area contributed by atoms with Gasteiger partial charge < -0.3 is 4.90 Å². The number of thioether (sulfide) groups is 1. The van der Waals surface area contributed by atoms with Crippen molar-refractivity contribution in [2.75, 3.05) is 19.1 Å². The zero-order valence-corrected chi connectivity index (χ0v) is 11.9. The van der Waals surface area contributed by atoms with Crippen molar-refractivity contribution in [2.24, 2.45) is 0 Å². The van der Waals surface area contributed by atoms with Crippen LogP contribution in [0.2, 0.25) is 5.02 Å². The van der Waals surface area contributed by atoms with E-state index in [1.54, 1.807) is 35.0 Å². The molecule has 0 aliphatic carbocycles. The summed E-state index contributed by atoms with van der Waals surface area (Å²) in [5, 5.41) is 0.537. The predicted octanol–water partition coefficient (Wildman–Crippen LogP) is 2.95. The van der Waals surface area contributed by atoms with Crippen LogP contribution in [-0.4, -0.2) is 40.9 Å². The molecule has 0 N–H and O–H groups in total. The third kappa shape index (κ3) is 3.89. The van der Waals surface area contributed by atoms with Crippen LogP contribution in [0, 0.1) is 0 Å². The van der Waals surface area contributed by atoms with E-state index in [0.717, 1.165) is 12.2 Å². The van der Waals surface area contributed by atoms with Crippen LogP contribution in [0.25, 0.3) is 0 Å². The van der Waals surface area contributed by atoms with Crippen LogP contribution in [0.15, 0.2) is 18.3 Å². The van der Waals surface area contributed by atoms with E-state index in [1.165, 1.54) is 0 Å². The molecule has 0 radical (unpaired) electrons. The quantitative estimate of drug-likeness (QED) is 0.826. The lowest BCUT2D eigenvalue weighted by Gasteiger charge is -2.26. The van der Waals surface area contributed by atoms with Crippen molar-refractivity contribution in [3.8, 4) is 0 Å². The van der Waals surface area contributed by atoms with Gasteiger partial charge in [0.2, 0.25) is 0 Å². The zero-order chi connectivity index (χ0) is 12.8. The second-order valence-electron chi connectivity index (χ2n) is 3.79. The maximum atomic E-state index is 12.2. The summed E-state index contributed by atoms with van der Waals surface area (Å²) in [6.45, 7) is 2.08. The number of rotatable bonds is 5. The topological polar surface area (TPSA) is 33.2 Å². The molecule has 1 atom stereocenters. The maximum Gasteiger partial charge on any atom is 0.272 e. The van der Waals surface area contributed by atoms with Crippen molar-refractivity contribution in [3.63, 3.8) is 0 Å². The Morgan fingerprint density at radius 1 is 1.65 bits per heavy atom. The average Bonchev–Trinajstić information content (AvgIpc) is 2.34. The normalized spacial score (nSPS) is 12.2. The van der Waals surface area contributed by atoms with Gasteiger partial charge in [0.05, 0.1) is 0 Å². The van der Waals surface area contributed by atoms with Gasteiger partial charge in [-0.3, -0.25) is 9.78 Å². The minimum atomic E-state index is -0.0756. The molecule has 0 saturated carbocycles. The number of halogens is 1. The van der Waals surface area contributed by atoms with E-state index < -0.39 is 0 Å². The van der Waals surface area contributed by atoms with Gasteiger partial charge in [-0.25, -0.2) is 0 Å². The van der Waals surface area contributed by atoms with Crippen molar-refractivity contribution in [2.45, 2.75) is 19.4 Å². The molecule has 0 saturated heterocycles. The highest BCUT2D eigenvalue weighted by Gasteiger charge is 2.20. The molecule has 1 aromatic rings. The zero-order valence-electron chi connectivity index (χ0n) is 10.3. The Balaban J connectivity index is 2.81. The fourth-order valence-corrected chi connectivity index (χ4v) is 2.57. The first-order chi connectivity index (χ1) is 8.10. The monoisotopic (exact) mass is 272 g/mol. The summed E-state index contributed by atoms with van der Waals surface area (Å²) in [7, 11) is 1.81. The molecule has 0 fully saturated rings. The molecule has 0 aliphatic rings. The lowest BCUT2D eigenvalue weighted by Crippen LogP contribution is -2.38. The molecule has 17 heavy (non-hydrogen) atoms. The van der Waals surface area contributed by atoms with Gasteiger partial charge in [0.25, 0.3) is 5.91 Å². The van der Waals surface area contributed by atoms with E-state index in [9.17, 15) is 4.79 Å². The molecule has 1 unspecified atom stereocenters. The van der Waals surface area contributed by atoms with E-state index in [1.807, 2.05) is 13.3 Å². The van der Waals surface area contributed by atoms with Crippen LogP contribution in [0.4, 0.5) is 0 Å². The second-order valence-corrected chi connectivity index (χ2v) is 5.14. The van der Waals surface area contributed by atoms with Crippen molar-refractivity contribution in [1.82, 2.24) is 9.88 Å². The Kier molecular flexibility index (Phi) is 5.78. The molecule has 0 bridgehead atoms. The molecule has 5 heteroatoms. The van der Waals surface area contributed by atoms with Crippen molar-refractivity contribution in [1.29, 1.82) is 0 Å². The van der Waals surface area contributed by atoms with Gasteiger partial charge in [0, 0.05) is 30.1 Å². The van der Waals surface area contributed by atoms with Gasteiger partial charge in [0.15, 0.2) is 0 Å². The van der Waals surface area contributed by atoms with Crippen LogP contribution in [0.1, 0.15) is 23.8 Å². The van der Waals surface area contributed by atoms with Crippen molar-refractivity contribution in [3.05, 3.63) is 29.0 Å². The number of aromatic nitrogens is 1. The highest BCUT2D eigenvalue weighted by Crippen LogP contribution is 2.14.